The Labute approximate surface area is 149 Å². The maximum absolute atomic E-state index is 12.5. The molecule has 0 fully saturated rings. The summed E-state index contributed by atoms with van der Waals surface area (Å²) < 4.78 is 0. The first-order valence-electron chi connectivity index (χ1n) is 8.29. The number of thiophene rings is 1. The largest absolute Gasteiger partial charge is 0.347 e. The maximum atomic E-state index is 12.5. The van der Waals surface area contributed by atoms with Crippen LogP contribution in [-0.4, -0.2) is 29.4 Å². The second-order valence-electron chi connectivity index (χ2n) is 6.44. The highest BCUT2D eigenvalue weighted by Crippen LogP contribution is 2.27. The second kappa shape index (κ2) is 6.46. The Balaban J connectivity index is 1.51. The van der Waals surface area contributed by atoms with Crippen molar-refractivity contribution in [3.8, 4) is 0 Å². The molecule has 1 amide bonds. The monoisotopic (exact) mass is 353 g/mol. The number of hydrogen-bond acceptors (Lipinski definition) is 4. The zero-order chi connectivity index (χ0) is 17.4. The van der Waals surface area contributed by atoms with Gasteiger partial charge >= 0.3 is 0 Å². The second-order valence-corrected chi connectivity index (χ2v) is 7.58. The molecule has 0 saturated heterocycles. The standard InChI is InChI=1S/C19H19N3O2S/c1-22-7-6-13-9-16(25-17(13)11-22)19(24)20-10-14-8-12-4-2-3-5-15(12)21-18(14)23/h2-5,8-9H,6-7,10-11H2,1H3,(H,20,24)(H,21,23). The molecule has 0 radical (unpaired) electrons. The van der Waals surface area contributed by atoms with Crippen molar-refractivity contribution in [2.75, 3.05) is 13.6 Å². The molecule has 0 atom stereocenters. The Morgan fingerprint density at radius 3 is 3.04 bits per heavy atom. The molecular formula is C19H19N3O2S. The highest BCUT2D eigenvalue weighted by atomic mass is 32.1. The number of para-hydroxylation sites is 1. The predicted octanol–water partition coefficient (Wildman–Crippen LogP) is 2.51. The molecule has 0 bridgehead atoms. The summed E-state index contributed by atoms with van der Waals surface area (Å²) in [6.45, 7) is 2.15. The molecule has 0 spiro atoms. The van der Waals surface area contributed by atoms with Gasteiger partial charge in [-0.15, -0.1) is 11.3 Å². The van der Waals surface area contributed by atoms with Gasteiger partial charge in [-0.3, -0.25) is 9.59 Å². The normalized spacial score (nSPS) is 14.4. The lowest BCUT2D eigenvalue weighted by Gasteiger charge is -2.21. The number of aromatic nitrogens is 1. The van der Waals surface area contributed by atoms with E-state index in [1.165, 1.54) is 10.4 Å². The van der Waals surface area contributed by atoms with Gasteiger partial charge in [0.05, 0.1) is 4.88 Å². The van der Waals surface area contributed by atoms with E-state index < -0.39 is 0 Å². The highest BCUT2D eigenvalue weighted by molar-refractivity contribution is 7.14. The van der Waals surface area contributed by atoms with Crippen LogP contribution in [0.25, 0.3) is 10.9 Å². The van der Waals surface area contributed by atoms with E-state index in [-0.39, 0.29) is 18.0 Å². The Hall–Kier alpha value is -2.44. The number of carbonyl (C=O) groups is 1. The Kier molecular flexibility index (Phi) is 4.15. The third-order valence-electron chi connectivity index (χ3n) is 4.57. The van der Waals surface area contributed by atoms with Crippen molar-refractivity contribution in [3.05, 3.63) is 67.6 Å². The summed E-state index contributed by atoms with van der Waals surface area (Å²) in [5.74, 6) is -0.116. The third kappa shape index (κ3) is 3.23. The van der Waals surface area contributed by atoms with E-state index in [9.17, 15) is 9.59 Å². The van der Waals surface area contributed by atoms with E-state index in [2.05, 4.69) is 22.2 Å². The van der Waals surface area contributed by atoms with Crippen molar-refractivity contribution in [3.63, 3.8) is 0 Å². The third-order valence-corrected chi connectivity index (χ3v) is 5.73. The highest BCUT2D eigenvalue weighted by Gasteiger charge is 2.19. The number of benzene rings is 1. The number of fused-ring (bicyclic) bond motifs is 2. The van der Waals surface area contributed by atoms with Gasteiger partial charge in [0, 0.05) is 35.6 Å². The fraction of sp³-hybridized carbons (Fsp3) is 0.263. The SMILES string of the molecule is CN1CCc2cc(C(=O)NCc3cc4ccccc4[nH]c3=O)sc2C1. The predicted molar refractivity (Wildman–Crippen MR) is 100 cm³/mol. The van der Waals surface area contributed by atoms with Gasteiger partial charge in [0.2, 0.25) is 0 Å². The lowest BCUT2D eigenvalue weighted by Crippen LogP contribution is -2.26. The molecule has 25 heavy (non-hydrogen) atoms. The van der Waals surface area contributed by atoms with Crippen LogP contribution >= 0.6 is 11.3 Å². The van der Waals surface area contributed by atoms with E-state index in [1.54, 1.807) is 11.3 Å². The van der Waals surface area contributed by atoms with Crippen LogP contribution < -0.4 is 10.9 Å². The Morgan fingerprint density at radius 2 is 2.16 bits per heavy atom. The first-order valence-corrected chi connectivity index (χ1v) is 9.11. The summed E-state index contributed by atoms with van der Waals surface area (Å²) in [7, 11) is 2.09. The summed E-state index contributed by atoms with van der Waals surface area (Å²) >= 11 is 1.55. The van der Waals surface area contributed by atoms with Gasteiger partial charge in [-0.05, 0) is 42.6 Å². The molecular weight excluding hydrogens is 334 g/mol. The summed E-state index contributed by atoms with van der Waals surface area (Å²) in [6.07, 6.45) is 0.986. The molecule has 3 heterocycles. The molecule has 2 aromatic heterocycles. The van der Waals surface area contributed by atoms with Gasteiger partial charge in [-0.1, -0.05) is 18.2 Å². The summed E-state index contributed by atoms with van der Waals surface area (Å²) in [6, 6.07) is 11.5. The van der Waals surface area contributed by atoms with Crippen molar-refractivity contribution < 1.29 is 4.79 Å². The fourth-order valence-electron chi connectivity index (χ4n) is 3.15. The van der Waals surface area contributed by atoms with Crippen LogP contribution in [0.5, 0.6) is 0 Å². The first kappa shape index (κ1) is 16.1. The van der Waals surface area contributed by atoms with Crippen LogP contribution in [0.4, 0.5) is 0 Å². The smallest absolute Gasteiger partial charge is 0.261 e. The quantitative estimate of drug-likeness (QED) is 0.760. The number of H-pyrrole nitrogens is 1. The molecule has 6 heteroatoms. The van der Waals surface area contributed by atoms with E-state index in [0.29, 0.717) is 5.56 Å². The lowest BCUT2D eigenvalue weighted by atomic mass is 10.1. The topological polar surface area (TPSA) is 65.2 Å². The van der Waals surface area contributed by atoms with Crippen molar-refractivity contribution in [2.45, 2.75) is 19.5 Å². The Bertz CT molecular complexity index is 1010. The average molecular weight is 353 g/mol. The molecule has 1 aliphatic rings. The van der Waals surface area contributed by atoms with Crippen LogP contribution in [-0.2, 0) is 19.5 Å². The minimum Gasteiger partial charge on any atom is -0.347 e. The number of rotatable bonds is 3. The zero-order valence-electron chi connectivity index (χ0n) is 14.0. The maximum Gasteiger partial charge on any atom is 0.261 e. The van der Waals surface area contributed by atoms with E-state index >= 15 is 0 Å². The van der Waals surface area contributed by atoms with Gasteiger partial charge in [0.15, 0.2) is 0 Å². The van der Waals surface area contributed by atoms with Crippen molar-refractivity contribution in [2.24, 2.45) is 0 Å². The molecule has 0 saturated carbocycles. The van der Waals surface area contributed by atoms with Crippen LogP contribution in [0.15, 0.2) is 41.2 Å². The molecule has 5 nitrogen and oxygen atoms in total. The molecule has 2 N–H and O–H groups in total. The molecule has 0 aliphatic carbocycles. The minimum absolute atomic E-state index is 0.116. The van der Waals surface area contributed by atoms with E-state index in [4.69, 9.17) is 0 Å². The van der Waals surface area contributed by atoms with Crippen LogP contribution in [0.2, 0.25) is 0 Å². The molecule has 1 aromatic carbocycles. The summed E-state index contributed by atoms with van der Waals surface area (Å²) in [4.78, 5) is 31.7. The van der Waals surface area contributed by atoms with Crippen LogP contribution in [0.1, 0.15) is 25.7 Å². The number of carbonyl (C=O) groups excluding carboxylic acids is 1. The molecule has 3 aromatic rings. The van der Waals surface area contributed by atoms with Crippen molar-refractivity contribution >= 4 is 28.1 Å². The number of nitrogens with one attached hydrogen (secondary N) is 2. The van der Waals surface area contributed by atoms with Crippen LogP contribution in [0, 0.1) is 0 Å². The summed E-state index contributed by atoms with van der Waals surface area (Å²) in [5, 5.41) is 3.84. The number of pyridine rings is 1. The fourth-order valence-corrected chi connectivity index (χ4v) is 4.35. The van der Waals surface area contributed by atoms with Gasteiger partial charge in [0.1, 0.15) is 0 Å². The lowest BCUT2D eigenvalue weighted by molar-refractivity contribution is 0.0955. The van der Waals surface area contributed by atoms with Gasteiger partial charge in [-0.25, -0.2) is 0 Å². The molecule has 1 aliphatic heterocycles. The van der Waals surface area contributed by atoms with Gasteiger partial charge in [0.25, 0.3) is 11.5 Å². The number of aromatic amines is 1. The van der Waals surface area contributed by atoms with Crippen LogP contribution in [0.3, 0.4) is 0 Å². The zero-order valence-corrected chi connectivity index (χ0v) is 14.8. The molecule has 4 rings (SSSR count). The Morgan fingerprint density at radius 1 is 1.32 bits per heavy atom. The van der Waals surface area contributed by atoms with E-state index in [1.807, 2.05) is 36.4 Å². The van der Waals surface area contributed by atoms with Crippen molar-refractivity contribution in [1.82, 2.24) is 15.2 Å². The van der Waals surface area contributed by atoms with E-state index in [0.717, 1.165) is 35.3 Å². The number of likely N-dealkylation sites (N-methyl/N-ethyl adjacent to an activating group) is 1. The number of hydrogen-bond donors (Lipinski definition) is 2. The van der Waals surface area contributed by atoms with Crippen molar-refractivity contribution in [1.29, 1.82) is 0 Å². The number of nitrogens with zero attached hydrogens (tertiary/aromatic N) is 1. The average Bonchev–Trinajstić information content (AvgIpc) is 3.02. The first-order chi connectivity index (χ1) is 12.1. The molecule has 0 unspecified atom stereocenters. The van der Waals surface area contributed by atoms with Gasteiger partial charge < -0.3 is 15.2 Å². The molecule has 128 valence electrons. The van der Waals surface area contributed by atoms with Gasteiger partial charge in [-0.2, -0.15) is 0 Å². The summed E-state index contributed by atoms with van der Waals surface area (Å²) in [5.41, 5.74) is 2.48. The minimum atomic E-state index is -0.161. The number of amides is 1.